The second-order valence-corrected chi connectivity index (χ2v) is 12.2. The van der Waals surface area contributed by atoms with Crippen LogP contribution in [0, 0.1) is 0 Å². The third-order valence-corrected chi connectivity index (χ3v) is 8.16. The van der Waals surface area contributed by atoms with E-state index < -0.39 is 0 Å². The molecule has 0 aromatic rings. The third-order valence-electron chi connectivity index (χ3n) is 8.16. The number of unbranched alkanes of at least 4 members (excludes halogenated alkanes) is 24. The number of carbonyl (C=O) groups excluding carboxylic acids is 1. The summed E-state index contributed by atoms with van der Waals surface area (Å²) in [4.78, 5) is 12.3. The number of allylic oxidation sites excluding steroid dienone is 2. The quantitative estimate of drug-likeness (QED) is 0.0647. The Bertz CT molecular complexity index is 504. The van der Waals surface area contributed by atoms with Gasteiger partial charge in [0, 0.05) is 6.42 Å². The van der Waals surface area contributed by atoms with Gasteiger partial charge in [-0.15, -0.1) is 0 Å². The maximum absolute atomic E-state index is 12.3. The summed E-state index contributed by atoms with van der Waals surface area (Å²) in [5, 5.41) is 12.7. The molecule has 0 aliphatic heterocycles. The second-order valence-electron chi connectivity index (χ2n) is 12.2. The first-order valence-corrected chi connectivity index (χ1v) is 17.8. The van der Waals surface area contributed by atoms with Crippen molar-refractivity contribution in [1.82, 2.24) is 5.32 Å². The van der Waals surface area contributed by atoms with Crippen LogP contribution in [0.3, 0.4) is 0 Å². The molecule has 0 bridgehead atoms. The monoisotopic (exact) mass is 550 g/mol. The van der Waals surface area contributed by atoms with Crippen LogP contribution in [-0.2, 0) is 4.79 Å². The fourth-order valence-corrected chi connectivity index (χ4v) is 5.45. The summed E-state index contributed by atoms with van der Waals surface area (Å²) in [7, 11) is 0. The van der Waals surface area contributed by atoms with E-state index in [1.165, 1.54) is 154 Å². The molecule has 0 aromatic carbocycles. The average Bonchev–Trinajstić information content (AvgIpc) is 2.94. The zero-order valence-corrected chi connectivity index (χ0v) is 26.8. The van der Waals surface area contributed by atoms with Gasteiger partial charge in [-0.05, 0) is 38.5 Å². The SMILES string of the molecule is CCCCCCCC/C=C/CCCCCCCC(=O)NC(CO)CCCCCCCCCCCCCCCC. The van der Waals surface area contributed by atoms with Crippen LogP contribution < -0.4 is 5.32 Å². The van der Waals surface area contributed by atoms with Gasteiger partial charge in [0.15, 0.2) is 0 Å². The number of aliphatic hydroxyl groups is 1. The molecule has 0 aliphatic carbocycles. The van der Waals surface area contributed by atoms with Gasteiger partial charge in [-0.25, -0.2) is 0 Å². The first-order chi connectivity index (χ1) is 19.2. The van der Waals surface area contributed by atoms with E-state index in [4.69, 9.17) is 0 Å². The van der Waals surface area contributed by atoms with Crippen molar-refractivity contribution in [3.8, 4) is 0 Å². The fraction of sp³-hybridized carbons (Fsp3) is 0.917. The molecule has 1 amide bonds. The lowest BCUT2D eigenvalue weighted by atomic mass is 10.0. The van der Waals surface area contributed by atoms with Crippen LogP contribution in [0.25, 0.3) is 0 Å². The highest BCUT2D eigenvalue weighted by molar-refractivity contribution is 5.76. The lowest BCUT2D eigenvalue weighted by Crippen LogP contribution is -2.37. The van der Waals surface area contributed by atoms with E-state index >= 15 is 0 Å². The minimum Gasteiger partial charge on any atom is -0.394 e. The minimum atomic E-state index is -0.0574. The molecule has 1 unspecified atom stereocenters. The molecule has 0 aromatic heterocycles. The Morgan fingerprint density at radius 3 is 1.31 bits per heavy atom. The number of carbonyl (C=O) groups is 1. The van der Waals surface area contributed by atoms with E-state index in [0.29, 0.717) is 6.42 Å². The van der Waals surface area contributed by atoms with E-state index in [9.17, 15) is 9.90 Å². The molecule has 0 fully saturated rings. The molecule has 0 saturated carbocycles. The molecule has 0 saturated heterocycles. The fourth-order valence-electron chi connectivity index (χ4n) is 5.45. The van der Waals surface area contributed by atoms with Crippen LogP contribution in [0.15, 0.2) is 12.2 Å². The summed E-state index contributed by atoms with van der Waals surface area (Å²) in [5.41, 5.74) is 0. The molecule has 2 N–H and O–H groups in total. The van der Waals surface area contributed by atoms with Gasteiger partial charge in [0.25, 0.3) is 0 Å². The van der Waals surface area contributed by atoms with Crippen molar-refractivity contribution in [1.29, 1.82) is 0 Å². The molecule has 0 radical (unpaired) electrons. The number of aliphatic hydroxyl groups excluding tert-OH is 1. The van der Waals surface area contributed by atoms with Gasteiger partial charge in [-0.1, -0.05) is 167 Å². The van der Waals surface area contributed by atoms with Gasteiger partial charge in [0.1, 0.15) is 0 Å². The van der Waals surface area contributed by atoms with Crippen molar-refractivity contribution in [2.24, 2.45) is 0 Å². The smallest absolute Gasteiger partial charge is 0.220 e. The van der Waals surface area contributed by atoms with Crippen molar-refractivity contribution >= 4 is 5.91 Å². The van der Waals surface area contributed by atoms with Gasteiger partial charge in [0.05, 0.1) is 12.6 Å². The summed E-state index contributed by atoms with van der Waals surface area (Å²) >= 11 is 0. The van der Waals surface area contributed by atoms with Crippen molar-refractivity contribution in [3.05, 3.63) is 12.2 Å². The molecule has 0 heterocycles. The molecular formula is C36H71NO2. The minimum absolute atomic E-state index is 0.0574. The molecule has 3 heteroatoms. The molecule has 3 nitrogen and oxygen atoms in total. The summed E-state index contributed by atoms with van der Waals surface area (Å²) in [5.74, 6) is 0.122. The Hall–Kier alpha value is -0.830. The largest absolute Gasteiger partial charge is 0.394 e. The normalized spacial score (nSPS) is 12.4. The van der Waals surface area contributed by atoms with Gasteiger partial charge >= 0.3 is 0 Å². The molecule has 232 valence electrons. The van der Waals surface area contributed by atoms with E-state index in [1.807, 2.05) is 0 Å². The van der Waals surface area contributed by atoms with Crippen LogP contribution in [0.4, 0.5) is 0 Å². The predicted octanol–water partition coefficient (Wildman–Crippen LogP) is 11.4. The lowest BCUT2D eigenvalue weighted by Gasteiger charge is -2.16. The maximum Gasteiger partial charge on any atom is 0.220 e. The zero-order valence-electron chi connectivity index (χ0n) is 26.8. The number of hydrogen-bond donors (Lipinski definition) is 2. The number of nitrogens with one attached hydrogen (secondary N) is 1. The first-order valence-electron chi connectivity index (χ1n) is 17.8. The highest BCUT2D eigenvalue weighted by Crippen LogP contribution is 2.14. The molecule has 0 spiro atoms. The van der Waals surface area contributed by atoms with Crippen molar-refractivity contribution < 1.29 is 9.90 Å². The van der Waals surface area contributed by atoms with Crippen molar-refractivity contribution in [2.45, 2.75) is 206 Å². The van der Waals surface area contributed by atoms with Crippen LogP contribution in [0.5, 0.6) is 0 Å². The van der Waals surface area contributed by atoms with E-state index in [1.54, 1.807) is 0 Å². The molecule has 0 rings (SSSR count). The highest BCUT2D eigenvalue weighted by atomic mass is 16.3. The Morgan fingerprint density at radius 1 is 0.538 bits per heavy atom. The van der Waals surface area contributed by atoms with Gasteiger partial charge in [-0.3, -0.25) is 4.79 Å². The van der Waals surface area contributed by atoms with E-state index in [2.05, 4.69) is 31.3 Å². The maximum atomic E-state index is 12.3. The van der Waals surface area contributed by atoms with Crippen LogP contribution in [-0.4, -0.2) is 23.7 Å². The Morgan fingerprint density at radius 2 is 0.897 bits per heavy atom. The number of amides is 1. The molecule has 1 atom stereocenters. The van der Waals surface area contributed by atoms with Crippen molar-refractivity contribution in [2.75, 3.05) is 6.61 Å². The summed E-state index contributed by atoms with van der Waals surface area (Å²) in [6.07, 6.45) is 41.8. The average molecular weight is 550 g/mol. The molecule has 0 aliphatic rings. The van der Waals surface area contributed by atoms with E-state index in [0.717, 1.165) is 25.7 Å². The number of rotatable bonds is 32. The summed E-state index contributed by atoms with van der Waals surface area (Å²) in [6, 6.07) is -0.0574. The topological polar surface area (TPSA) is 49.3 Å². The Balaban J connectivity index is 3.44. The third kappa shape index (κ3) is 31.6. The zero-order chi connectivity index (χ0) is 28.5. The Kier molecular flexibility index (Phi) is 32.7. The summed E-state index contributed by atoms with van der Waals surface area (Å²) < 4.78 is 0. The van der Waals surface area contributed by atoms with E-state index in [-0.39, 0.29) is 18.6 Å². The lowest BCUT2D eigenvalue weighted by molar-refractivity contribution is -0.122. The first kappa shape index (κ1) is 38.2. The van der Waals surface area contributed by atoms with Gasteiger partial charge in [-0.2, -0.15) is 0 Å². The van der Waals surface area contributed by atoms with Gasteiger partial charge in [0.2, 0.25) is 5.91 Å². The Labute approximate surface area is 245 Å². The molecule has 39 heavy (non-hydrogen) atoms. The summed E-state index contributed by atoms with van der Waals surface area (Å²) in [6.45, 7) is 4.62. The number of hydrogen-bond acceptors (Lipinski definition) is 2. The standard InChI is InChI=1S/C36H71NO2/c1-3-5-7-9-11-13-15-17-19-21-23-25-27-29-31-33-36(39)37-35(34-38)32-30-28-26-24-22-20-18-16-14-12-10-8-6-4-2/h17,19,35,38H,3-16,18,20-34H2,1-2H3,(H,37,39)/b19-17+. The van der Waals surface area contributed by atoms with Crippen LogP contribution in [0.1, 0.15) is 200 Å². The second kappa shape index (κ2) is 33.4. The highest BCUT2D eigenvalue weighted by Gasteiger charge is 2.10. The van der Waals surface area contributed by atoms with Gasteiger partial charge < -0.3 is 10.4 Å². The van der Waals surface area contributed by atoms with Crippen LogP contribution in [0.2, 0.25) is 0 Å². The van der Waals surface area contributed by atoms with Crippen molar-refractivity contribution in [3.63, 3.8) is 0 Å². The van der Waals surface area contributed by atoms with Crippen LogP contribution >= 0.6 is 0 Å². The predicted molar refractivity (Wildman–Crippen MR) is 173 cm³/mol. The molecular weight excluding hydrogens is 478 g/mol.